The predicted octanol–water partition coefficient (Wildman–Crippen LogP) is 4.56. The molecule has 4 aromatic rings. The molecule has 2 aromatic heterocycles. The number of aromatic nitrogens is 3. The second-order valence-corrected chi connectivity index (χ2v) is 7.20. The van der Waals surface area contributed by atoms with Crippen LogP contribution in [-0.4, -0.2) is 27.6 Å². The van der Waals surface area contributed by atoms with Crippen molar-refractivity contribution in [3.63, 3.8) is 0 Å². The molecule has 0 aliphatic carbocycles. The standard InChI is InChI=1S/C22H15F5N4O3/c1-10-16(20(32)29-14-8-12(23)13(24)9-15(14)34-2)21(33)31-19(28-10)17(11-6-4-3-5-7-11)18(30-31)22(25,26)27/h3-9,28H,1-2H3,(H,29,32). The van der Waals surface area contributed by atoms with Gasteiger partial charge in [0, 0.05) is 17.8 Å². The average molecular weight is 478 g/mol. The highest BCUT2D eigenvalue weighted by Gasteiger charge is 2.39. The molecule has 1 amide bonds. The Hall–Kier alpha value is -4.22. The van der Waals surface area contributed by atoms with Crippen LogP contribution in [0.4, 0.5) is 27.6 Å². The highest BCUT2D eigenvalue weighted by molar-refractivity contribution is 6.05. The van der Waals surface area contributed by atoms with E-state index in [9.17, 15) is 31.5 Å². The van der Waals surface area contributed by atoms with Gasteiger partial charge < -0.3 is 15.0 Å². The summed E-state index contributed by atoms with van der Waals surface area (Å²) in [4.78, 5) is 28.6. The van der Waals surface area contributed by atoms with Crippen LogP contribution in [0, 0.1) is 18.6 Å². The van der Waals surface area contributed by atoms with Gasteiger partial charge in [-0.05, 0) is 12.5 Å². The second-order valence-electron chi connectivity index (χ2n) is 7.20. The molecule has 0 bridgehead atoms. The Balaban J connectivity index is 1.89. The zero-order valence-corrected chi connectivity index (χ0v) is 17.6. The van der Waals surface area contributed by atoms with Gasteiger partial charge in [-0.3, -0.25) is 9.59 Å². The summed E-state index contributed by atoms with van der Waals surface area (Å²) in [5, 5.41) is 5.67. The number of hydrogen-bond donors (Lipinski definition) is 2. The van der Waals surface area contributed by atoms with Crippen LogP contribution >= 0.6 is 0 Å². The average Bonchev–Trinajstić information content (AvgIpc) is 3.17. The molecule has 0 fully saturated rings. The summed E-state index contributed by atoms with van der Waals surface area (Å²) in [7, 11) is 1.15. The monoisotopic (exact) mass is 478 g/mol. The van der Waals surface area contributed by atoms with E-state index in [1.54, 1.807) is 6.07 Å². The van der Waals surface area contributed by atoms with Crippen LogP contribution < -0.4 is 15.6 Å². The summed E-state index contributed by atoms with van der Waals surface area (Å²) in [6.07, 6.45) is -4.90. The van der Waals surface area contributed by atoms with Crippen LogP contribution in [0.1, 0.15) is 21.7 Å². The molecule has 0 aliphatic rings. The molecule has 2 heterocycles. The lowest BCUT2D eigenvalue weighted by Crippen LogP contribution is -2.29. The maximum Gasteiger partial charge on any atom is 0.435 e. The first kappa shape index (κ1) is 23.0. The fourth-order valence-electron chi connectivity index (χ4n) is 3.51. The molecule has 0 saturated heterocycles. The van der Waals surface area contributed by atoms with E-state index in [0.29, 0.717) is 16.6 Å². The van der Waals surface area contributed by atoms with Gasteiger partial charge in [-0.1, -0.05) is 30.3 Å². The minimum atomic E-state index is -4.90. The van der Waals surface area contributed by atoms with E-state index in [0.717, 1.165) is 7.11 Å². The Morgan fingerprint density at radius 3 is 2.38 bits per heavy atom. The topological polar surface area (TPSA) is 88.5 Å². The van der Waals surface area contributed by atoms with E-state index in [2.05, 4.69) is 15.4 Å². The minimum Gasteiger partial charge on any atom is -0.494 e. The van der Waals surface area contributed by atoms with E-state index in [1.165, 1.54) is 31.2 Å². The Kier molecular flexibility index (Phi) is 5.59. The third kappa shape index (κ3) is 3.87. The van der Waals surface area contributed by atoms with Gasteiger partial charge in [0.15, 0.2) is 17.3 Å². The molecular formula is C22H15F5N4O3. The lowest BCUT2D eigenvalue weighted by molar-refractivity contribution is -0.140. The molecule has 4 rings (SSSR count). The summed E-state index contributed by atoms with van der Waals surface area (Å²) < 4.78 is 73.7. The van der Waals surface area contributed by atoms with E-state index < -0.39 is 40.5 Å². The van der Waals surface area contributed by atoms with Gasteiger partial charge in [-0.25, -0.2) is 8.78 Å². The van der Waals surface area contributed by atoms with E-state index in [4.69, 9.17) is 4.74 Å². The largest absolute Gasteiger partial charge is 0.494 e. The van der Waals surface area contributed by atoms with Crippen molar-refractivity contribution in [2.24, 2.45) is 0 Å². The van der Waals surface area contributed by atoms with Crippen LogP contribution in [0.25, 0.3) is 16.8 Å². The number of aryl methyl sites for hydroxylation is 1. The predicted molar refractivity (Wildman–Crippen MR) is 112 cm³/mol. The van der Waals surface area contributed by atoms with Crippen molar-refractivity contribution in [2.75, 3.05) is 12.4 Å². The molecule has 0 spiro atoms. The van der Waals surface area contributed by atoms with Gasteiger partial charge in [0.1, 0.15) is 17.0 Å². The molecule has 2 N–H and O–H groups in total. The summed E-state index contributed by atoms with van der Waals surface area (Å²) in [6, 6.07) is 8.87. The zero-order chi connectivity index (χ0) is 24.8. The maximum absolute atomic E-state index is 13.8. The molecule has 0 radical (unpaired) electrons. The number of fused-ring (bicyclic) bond motifs is 1. The number of rotatable bonds is 4. The fraction of sp³-hybridized carbons (Fsp3) is 0.136. The number of halogens is 5. The Bertz CT molecular complexity index is 1480. The van der Waals surface area contributed by atoms with Gasteiger partial charge >= 0.3 is 6.18 Å². The number of benzene rings is 2. The van der Waals surface area contributed by atoms with E-state index >= 15 is 0 Å². The van der Waals surface area contributed by atoms with Gasteiger partial charge in [0.05, 0.1) is 18.4 Å². The zero-order valence-electron chi connectivity index (χ0n) is 17.6. The maximum atomic E-state index is 13.8. The van der Waals surface area contributed by atoms with E-state index in [1.807, 2.05) is 0 Å². The number of ether oxygens (including phenoxy) is 1. The normalized spacial score (nSPS) is 11.6. The number of alkyl halides is 3. The molecule has 12 heteroatoms. The lowest BCUT2D eigenvalue weighted by atomic mass is 10.1. The second kappa shape index (κ2) is 8.28. The number of carbonyl (C=O) groups excluding carboxylic acids is 1. The fourth-order valence-corrected chi connectivity index (χ4v) is 3.51. The minimum absolute atomic E-state index is 0.0673. The molecule has 34 heavy (non-hydrogen) atoms. The van der Waals surface area contributed by atoms with E-state index in [-0.39, 0.29) is 33.9 Å². The molecule has 176 valence electrons. The lowest BCUT2D eigenvalue weighted by Gasteiger charge is -2.12. The number of anilines is 1. The first-order valence-corrected chi connectivity index (χ1v) is 9.65. The highest BCUT2D eigenvalue weighted by Crippen LogP contribution is 2.38. The van der Waals surface area contributed by atoms with Crippen molar-refractivity contribution in [3.05, 3.63) is 81.4 Å². The van der Waals surface area contributed by atoms with Crippen molar-refractivity contribution in [2.45, 2.75) is 13.1 Å². The van der Waals surface area contributed by atoms with Crippen molar-refractivity contribution in [1.29, 1.82) is 0 Å². The number of carbonyl (C=O) groups is 1. The quantitative estimate of drug-likeness (QED) is 0.421. The summed E-state index contributed by atoms with van der Waals surface area (Å²) in [6.45, 7) is 1.31. The first-order valence-electron chi connectivity index (χ1n) is 9.65. The van der Waals surface area contributed by atoms with Crippen LogP contribution in [0.2, 0.25) is 0 Å². The molecule has 0 saturated carbocycles. The number of H-pyrrole nitrogens is 1. The Morgan fingerprint density at radius 2 is 1.76 bits per heavy atom. The Labute approximate surface area is 187 Å². The molecule has 2 aromatic carbocycles. The number of nitrogens with zero attached hydrogens (tertiary/aromatic N) is 2. The van der Waals surface area contributed by atoms with Crippen molar-refractivity contribution < 1.29 is 31.5 Å². The number of nitrogens with one attached hydrogen (secondary N) is 2. The smallest absolute Gasteiger partial charge is 0.435 e. The number of hydrogen-bond acceptors (Lipinski definition) is 4. The van der Waals surface area contributed by atoms with Crippen LogP contribution in [-0.2, 0) is 6.18 Å². The molecule has 0 atom stereocenters. The third-order valence-electron chi connectivity index (χ3n) is 5.02. The highest BCUT2D eigenvalue weighted by atomic mass is 19.4. The Morgan fingerprint density at radius 1 is 1.12 bits per heavy atom. The third-order valence-corrected chi connectivity index (χ3v) is 5.02. The number of amides is 1. The SMILES string of the molecule is COc1cc(F)c(F)cc1NC(=O)c1c(C)[nH]c2c(-c3ccccc3)c(C(F)(F)F)nn2c1=O. The molecular weight excluding hydrogens is 463 g/mol. The van der Waals surface area contributed by atoms with Crippen LogP contribution in [0.5, 0.6) is 5.75 Å². The van der Waals surface area contributed by atoms with Crippen LogP contribution in [0.15, 0.2) is 47.3 Å². The number of aromatic amines is 1. The van der Waals surface area contributed by atoms with Gasteiger partial charge in [0.25, 0.3) is 11.5 Å². The van der Waals surface area contributed by atoms with Crippen molar-refractivity contribution in [3.8, 4) is 16.9 Å². The molecule has 7 nitrogen and oxygen atoms in total. The van der Waals surface area contributed by atoms with Crippen molar-refractivity contribution >= 4 is 17.2 Å². The van der Waals surface area contributed by atoms with Gasteiger partial charge in [-0.2, -0.15) is 22.8 Å². The summed E-state index contributed by atoms with van der Waals surface area (Å²) in [5.41, 5.74) is -3.84. The van der Waals surface area contributed by atoms with Gasteiger partial charge in [0.2, 0.25) is 0 Å². The summed E-state index contributed by atoms with van der Waals surface area (Å²) >= 11 is 0. The molecule has 0 aliphatic heterocycles. The summed E-state index contributed by atoms with van der Waals surface area (Å²) in [5.74, 6) is -3.83. The van der Waals surface area contributed by atoms with Crippen molar-refractivity contribution in [1.82, 2.24) is 14.6 Å². The first-order chi connectivity index (χ1) is 16.0. The molecule has 0 unspecified atom stereocenters. The van der Waals surface area contributed by atoms with Gasteiger partial charge in [-0.15, -0.1) is 0 Å². The number of methoxy groups -OCH3 is 1. The van der Waals surface area contributed by atoms with Crippen LogP contribution in [0.3, 0.4) is 0 Å².